The van der Waals surface area contributed by atoms with Gasteiger partial charge in [0.25, 0.3) is 0 Å². The first kappa shape index (κ1) is 14.0. The lowest BCUT2D eigenvalue weighted by Gasteiger charge is -2.08. The molecule has 0 spiro atoms. The highest BCUT2D eigenvalue weighted by Gasteiger charge is 2.06. The molecule has 4 heteroatoms. The van der Waals surface area contributed by atoms with Gasteiger partial charge in [-0.25, -0.2) is 4.98 Å². The van der Waals surface area contributed by atoms with Crippen molar-refractivity contribution in [3.05, 3.63) is 30.1 Å². The molecule has 0 saturated heterocycles. The Hall–Kier alpha value is -1.39. The molecular weight excluding hydrogens is 238 g/mol. The van der Waals surface area contributed by atoms with E-state index in [-0.39, 0.29) is 6.61 Å². The van der Waals surface area contributed by atoms with Gasteiger partial charge in [-0.3, -0.25) is 0 Å². The van der Waals surface area contributed by atoms with Gasteiger partial charge in [0.1, 0.15) is 5.82 Å². The molecule has 2 aromatic rings. The van der Waals surface area contributed by atoms with Crippen LogP contribution in [0.15, 0.2) is 24.3 Å². The summed E-state index contributed by atoms with van der Waals surface area (Å²) in [6.45, 7) is 4.11. The molecular formula is C15H23N3O. The van der Waals surface area contributed by atoms with Gasteiger partial charge in [0.05, 0.1) is 17.6 Å². The van der Waals surface area contributed by atoms with Crippen LogP contribution in [0.1, 0.15) is 25.6 Å². The minimum absolute atomic E-state index is 0.282. The third kappa shape index (κ3) is 3.55. The van der Waals surface area contributed by atoms with Crippen molar-refractivity contribution in [2.24, 2.45) is 13.0 Å². The Bertz CT molecular complexity index is 521. The second-order valence-corrected chi connectivity index (χ2v) is 5.18. The Morgan fingerprint density at radius 2 is 2.16 bits per heavy atom. The number of rotatable bonds is 7. The fourth-order valence-electron chi connectivity index (χ4n) is 2.22. The van der Waals surface area contributed by atoms with E-state index in [2.05, 4.69) is 34.9 Å². The highest BCUT2D eigenvalue weighted by Crippen LogP contribution is 2.13. The Balaban J connectivity index is 1.83. The largest absolute Gasteiger partial charge is 0.396 e. The van der Waals surface area contributed by atoms with Gasteiger partial charge in [0, 0.05) is 13.7 Å². The number of nitrogens with zero attached hydrogens (tertiary/aromatic N) is 2. The highest BCUT2D eigenvalue weighted by atomic mass is 16.3. The SMILES string of the molecule is CC(CO)CCCNCc1nc2ccccc2n1C. The van der Waals surface area contributed by atoms with Crippen LogP contribution < -0.4 is 5.32 Å². The quantitative estimate of drug-likeness (QED) is 0.750. The highest BCUT2D eigenvalue weighted by molar-refractivity contribution is 5.75. The van der Waals surface area contributed by atoms with E-state index in [1.807, 2.05) is 18.2 Å². The molecule has 4 nitrogen and oxygen atoms in total. The van der Waals surface area contributed by atoms with Crippen LogP contribution in [-0.4, -0.2) is 27.8 Å². The predicted molar refractivity (Wildman–Crippen MR) is 77.9 cm³/mol. The van der Waals surface area contributed by atoms with Gasteiger partial charge in [-0.2, -0.15) is 0 Å². The number of aliphatic hydroxyl groups is 1. The van der Waals surface area contributed by atoms with Crippen LogP contribution in [0.3, 0.4) is 0 Å². The molecule has 0 aliphatic heterocycles. The van der Waals surface area contributed by atoms with E-state index in [0.29, 0.717) is 5.92 Å². The number of hydrogen-bond acceptors (Lipinski definition) is 3. The number of hydrogen-bond donors (Lipinski definition) is 2. The van der Waals surface area contributed by atoms with Crippen molar-refractivity contribution in [3.63, 3.8) is 0 Å². The van der Waals surface area contributed by atoms with E-state index in [9.17, 15) is 0 Å². The number of aromatic nitrogens is 2. The Morgan fingerprint density at radius 3 is 2.89 bits per heavy atom. The van der Waals surface area contributed by atoms with Gasteiger partial charge < -0.3 is 15.0 Å². The second-order valence-electron chi connectivity index (χ2n) is 5.18. The van der Waals surface area contributed by atoms with Crippen LogP contribution in [0.4, 0.5) is 0 Å². The molecule has 1 aromatic heterocycles. The molecule has 0 aliphatic carbocycles. The normalized spacial score (nSPS) is 13.0. The summed E-state index contributed by atoms with van der Waals surface area (Å²) >= 11 is 0. The summed E-state index contributed by atoms with van der Waals surface area (Å²) in [5.74, 6) is 1.47. The summed E-state index contributed by atoms with van der Waals surface area (Å²) in [7, 11) is 2.06. The number of benzene rings is 1. The van der Waals surface area contributed by atoms with Gasteiger partial charge in [0.15, 0.2) is 0 Å². The Kier molecular flexibility index (Phi) is 4.93. The minimum Gasteiger partial charge on any atom is -0.396 e. The van der Waals surface area contributed by atoms with Crippen molar-refractivity contribution in [1.29, 1.82) is 0 Å². The first-order valence-corrected chi connectivity index (χ1v) is 6.94. The standard InChI is InChI=1S/C15H23N3O/c1-12(11-19)6-5-9-16-10-15-17-13-7-3-4-8-14(13)18(15)2/h3-4,7-8,12,16,19H,5-6,9-11H2,1-2H3. The van der Waals surface area contributed by atoms with Crippen molar-refractivity contribution in [2.45, 2.75) is 26.3 Å². The summed E-state index contributed by atoms with van der Waals surface area (Å²) in [6, 6.07) is 8.19. The molecule has 0 bridgehead atoms. The van der Waals surface area contributed by atoms with Gasteiger partial charge in [-0.05, 0) is 37.4 Å². The van der Waals surface area contributed by atoms with E-state index in [4.69, 9.17) is 5.11 Å². The molecule has 104 valence electrons. The predicted octanol–water partition coefficient (Wildman–Crippen LogP) is 2.07. The average molecular weight is 261 g/mol. The zero-order valence-corrected chi connectivity index (χ0v) is 11.8. The fraction of sp³-hybridized carbons (Fsp3) is 0.533. The lowest BCUT2D eigenvalue weighted by molar-refractivity contribution is 0.228. The van der Waals surface area contributed by atoms with E-state index < -0.39 is 0 Å². The topological polar surface area (TPSA) is 50.1 Å². The van der Waals surface area contributed by atoms with Gasteiger partial charge in [-0.1, -0.05) is 19.1 Å². The van der Waals surface area contributed by atoms with E-state index >= 15 is 0 Å². The molecule has 1 aromatic carbocycles. The smallest absolute Gasteiger partial charge is 0.123 e. The maximum Gasteiger partial charge on any atom is 0.123 e. The summed E-state index contributed by atoms with van der Waals surface area (Å²) < 4.78 is 2.14. The average Bonchev–Trinajstić information content (AvgIpc) is 2.75. The number of aryl methyl sites for hydroxylation is 1. The van der Waals surface area contributed by atoms with Crippen molar-refractivity contribution in [1.82, 2.24) is 14.9 Å². The first-order valence-electron chi connectivity index (χ1n) is 6.94. The molecule has 0 radical (unpaired) electrons. The molecule has 1 unspecified atom stereocenters. The Labute approximate surface area is 114 Å². The van der Waals surface area contributed by atoms with Crippen molar-refractivity contribution in [2.75, 3.05) is 13.2 Å². The lowest BCUT2D eigenvalue weighted by Crippen LogP contribution is -2.18. The summed E-state index contributed by atoms with van der Waals surface area (Å²) in [5, 5.41) is 12.4. The lowest BCUT2D eigenvalue weighted by atomic mass is 10.1. The number of fused-ring (bicyclic) bond motifs is 1. The Morgan fingerprint density at radius 1 is 1.37 bits per heavy atom. The number of imidazole rings is 1. The maximum atomic E-state index is 8.95. The summed E-state index contributed by atoms with van der Waals surface area (Å²) in [4.78, 5) is 4.62. The van der Waals surface area contributed by atoms with E-state index in [1.165, 1.54) is 5.52 Å². The zero-order valence-electron chi connectivity index (χ0n) is 11.8. The molecule has 0 amide bonds. The van der Waals surface area contributed by atoms with Crippen LogP contribution in [0.5, 0.6) is 0 Å². The fourth-order valence-corrected chi connectivity index (χ4v) is 2.22. The van der Waals surface area contributed by atoms with E-state index in [1.54, 1.807) is 0 Å². The van der Waals surface area contributed by atoms with Crippen LogP contribution in [0.2, 0.25) is 0 Å². The molecule has 0 aliphatic rings. The van der Waals surface area contributed by atoms with Gasteiger partial charge >= 0.3 is 0 Å². The van der Waals surface area contributed by atoms with Crippen molar-refractivity contribution in [3.8, 4) is 0 Å². The number of para-hydroxylation sites is 2. The molecule has 1 heterocycles. The van der Waals surface area contributed by atoms with Gasteiger partial charge in [-0.15, -0.1) is 0 Å². The molecule has 2 rings (SSSR count). The summed E-state index contributed by atoms with van der Waals surface area (Å²) in [6.07, 6.45) is 2.15. The van der Waals surface area contributed by atoms with Crippen molar-refractivity contribution < 1.29 is 5.11 Å². The molecule has 19 heavy (non-hydrogen) atoms. The minimum atomic E-state index is 0.282. The summed E-state index contributed by atoms with van der Waals surface area (Å²) in [5.41, 5.74) is 2.23. The first-order chi connectivity index (χ1) is 9.22. The molecule has 2 N–H and O–H groups in total. The van der Waals surface area contributed by atoms with Crippen LogP contribution in [0, 0.1) is 5.92 Å². The maximum absolute atomic E-state index is 8.95. The monoisotopic (exact) mass is 261 g/mol. The third-order valence-corrected chi connectivity index (χ3v) is 3.53. The number of aliphatic hydroxyl groups excluding tert-OH is 1. The second kappa shape index (κ2) is 6.68. The third-order valence-electron chi connectivity index (χ3n) is 3.53. The van der Waals surface area contributed by atoms with E-state index in [0.717, 1.165) is 37.3 Å². The van der Waals surface area contributed by atoms with Crippen LogP contribution in [0.25, 0.3) is 11.0 Å². The van der Waals surface area contributed by atoms with Gasteiger partial charge in [0.2, 0.25) is 0 Å². The molecule has 0 saturated carbocycles. The molecule has 1 atom stereocenters. The van der Waals surface area contributed by atoms with Crippen LogP contribution in [-0.2, 0) is 13.6 Å². The van der Waals surface area contributed by atoms with Crippen molar-refractivity contribution >= 4 is 11.0 Å². The van der Waals surface area contributed by atoms with Crippen LogP contribution >= 0.6 is 0 Å². The molecule has 0 fully saturated rings. The number of nitrogens with one attached hydrogen (secondary N) is 1. The zero-order chi connectivity index (χ0) is 13.7.